The van der Waals surface area contributed by atoms with Crippen LogP contribution in [0.3, 0.4) is 0 Å². The first-order valence-electron chi connectivity index (χ1n) is 10.5. The maximum absolute atomic E-state index is 14.6. The molecule has 1 atom stereocenters. The molecule has 0 spiro atoms. The lowest BCUT2D eigenvalue weighted by atomic mass is 10.2. The van der Waals surface area contributed by atoms with Gasteiger partial charge in [0.2, 0.25) is 0 Å². The summed E-state index contributed by atoms with van der Waals surface area (Å²) in [4.78, 5) is 33.7. The molecule has 3 aromatic heterocycles. The van der Waals surface area contributed by atoms with Crippen LogP contribution < -0.4 is 15.9 Å². The van der Waals surface area contributed by atoms with Crippen molar-refractivity contribution in [2.75, 3.05) is 17.4 Å². The van der Waals surface area contributed by atoms with Crippen molar-refractivity contribution in [2.24, 2.45) is 0 Å². The molecule has 0 aliphatic rings. The van der Waals surface area contributed by atoms with Gasteiger partial charge in [-0.2, -0.15) is 0 Å². The van der Waals surface area contributed by atoms with Gasteiger partial charge in [0.05, 0.1) is 24.4 Å². The van der Waals surface area contributed by atoms with Crippen molar-refractivity contribution < 1.29 is 8.78 Å². The highest BCUT2D eigenvalue weighted by Gasteiger charge is 2.22. The van der Waals surface area contributed by atoms with Crippen molar-refractivity contribution in [3.8, 4) is 0 Å². The summed E-state index contributed by atoms with van der Waals surface area (Å²) in [5.41, 5.74) is 1.56. The third kappa shape index (κ3) is 3.81. The number of fused-ring (bicyclic) bond motifs is 2. The van der Waals surface area contributed by atoms with Crippen LogP contribution in [0.5, 0.6) is 0 Å². The molecule has 11 heteroatoms. The Morgan fingerprint density at radius 1 is 1.12 bits per heavy atom. The van der Waals surface area contributed by atoms with Gasteiger partial charge in [0.15, 0.2) is 17.3 Å². The number of aromatic amines is 1. The lowest BCUT2D eigenvalue weighted by Gasteiger charge is -2.27. The van der Waals surface area contributed by atoms with E-state index in [-0.39, 0.29) is 23.3 Å². The van der Waals surface area contributed by atoms with Gasteiger partial charge in [-0.1, -0.05) is 18.2 Å². The van der Waals surface area contributed by atoms with Crippen LogP contribution in [0.25, 0.3) is 22.1 Å². The zero-order chi connectivity index (χ0) is 23.8. The topological polar surface area (TPSA) is 105 Å². The maximum Gasteiger partial charge on any atom is 0.283 e. The van der Waals surface area contributed by atoms with E-state index in [1.165, 1.54) is 41.6 Å². The highest BCUT2D eigenvalue weighted by molar-refractivity contribution is 5.82. The highest BCUT2D eigenvalue weighted by Crippen LogP contribution is 2.23. The number of halogens is 2. The van der Waals surface area contributed by atoms with Gasteiger partial charge < -0.3 is 15.3 Å². The number of benzene rings is 2. The van der Waals surface area contributed by atoms with Gasteiger partial charge in [-0.05, 0) is 36.8 Å². The number of hydrogen-bond donors (Lipinski definition) is 2. The minimum absolute atomic E-state index is 0.110. The fourth-order valence-electron chi connectivity index (χ4n) is 3.87. The van der Waals surface area contributed by atoms with E-state index in [0.29, 0.717) is 22.8 Å². The van der Waals surface area contributed by atoms with Crippen molar-refractivity contribution >= 4 is 27.9 Å². The third-order valence-electron chi connectivity index (χ3n) is 5.47. The number of nitrogens with one attached hydrogen (secondary N) is 2. The number of anilines is 1. The summed E-state index contributed by atoms with van der Waals surface area (Å²) < 4.78 is 29.3. The van der Waals surface area contributed by atoms with Gasteiger partial charge in [0.25, 0.3) is 5.56 Å². The fourth-order valence-corrected chi connectivity index (χ4v) is 3.87. The Bertz CT molecular complexity index is 1550. The molecule has 5 aromatic rings. The summed E-state index contributed by atoms with van der Waals surface area (Å²) in [7, 11) is 1.69. The van der Waals surface area contributed by atoms with Crippen molar-refractivity contribution in [1.29, 1.82) is 0 Å². The SMILES string of the molecule is CC(Nc1ncnc2[nH]cnc12)c1nc2cccc(F)c2c(=O)n1N(C)Cc1ccc(F)cc1. The molecule has 2 N–H and O–H groups in total. The molecule has 34 heavy (non-hydrogen) atoms. The third-order valence-corrected chi connectivity index (χ3v) is 5.47. The zero-order valence-corrected chi connectivity index (χ0v) is 18.3. The Morgan fingerprint density at radius 2 is 1.91 bits per heavy atom. The molecule has 0 aliphatic carbocycles. The largest absolute Gasteiger partial charge is 0.358 e. The van der Waals surface area contributed by atoms with Gasteiger partial charge in [0, 0.05) is 7.05 Å². The molecule has 0 saturated carbocycles. The van der Waals surface area contributed by atoms with Crippen LogP contribution in [-0.2, 0) is 6.54 Å². The predicted molar refractivity (Wildman–Crippen MR) is 124 cm³/mol. The summed E-state index contributed by atoms with van der Waals surface area (Å²) >= 11 is 0. The van der Waals surface area contributed by atoms with Gasteiger partial charge in [-0.25, -0.2) is 33.4 Å². The fraction of sp³-hybridized carbons (Fsp3) is 0.174. The van der Waals surface area contributed by atoms with E-state index in [9.17, 15) is 13.6 Å². The van der Waals surface area contributed by atoms with Crippen LogP contribution in [0.1, 0.15) is 24.4 Å². The average molecular weight is 462 g/mol. The zero-order valence-electron chi connectivity index (χ0n) is 18.3. The molecular weight excluding hydrogens is 442 g/mol. The predicted octanol–water partition coefficient (Wildman–Crippen LogP) is 3.28. The molecule has 3 heterocycles. The quantitative estimate of drug-likeness (QED) is 0.399. The van der Waals surface area contributed by atoms with E-state index < -0.39 is 17.4 Å². The number of H-pyrrole nitrogens is 1. The molecular formula is C23H20F2N8O. The molecule has 0 radical (unpaired) electrons. The standard InChI is InChI=1S/C23H20F2N8O/c1-13(30-21-19-20(27-11-26-19)28-12-29-21)22-31-17-5-3-4-16(25)18(17)23(34)33(22)32(2)10-14-6-8-15(24)9-7-14/h3-9,11-13H,10H2,1-2H3,(H2,26,27,28,29,30). The summed E-state index contributed by atoms with van der Waals surface area (Å²) in [5.74, 6) is -0.207. The maximum atomic E-state index is 14.6. The summed E-state index contributed by atoms with van der Waals surface area (Å²) in [6.07, 6.45) is 2.91. The van der Waals surface area contributed by atoms with Gasteiger partial charge in [-0.3, -0.25) is 4.79 Å². The normalized spacial score (nSPS) is 12.2. The van der Waals surface area contributed by atoms with Crippen LogP contribution in [-0.4, -0.2) is 36.6 Å². The van der Waals surface area contributed by atoms with Gasteiger partial charge in [-0.15, -0.1) is 0 Å². The minimum atomic E-state index is -0.653. The van der Waals surface area contributed by atoms with E-state index >= 15 is 0 Å². The van der Waals surface area contributed by atoms with E-state index in [1.54, 1.807) is 30.3 Å². The molecule has 2 aromatic carbocycles. The average Bonchev–Trinajstić information content (AvgIpc) is 3.30. The van der Waals surface area contributed by atoms with E-state index in [2.05, 4.69) is 30.2 Å². The highest BCUT2D eigenvalue weighted by atomic mass is 19.1. The second kappa shape index (κ2) is 8.50. The van der Waals surface area contributed by atoms with Crippen LogP contribution in [0.15, 0.2) is 59.9 Å². The van der Waals surface area contributed by atoms with Crippen molar-refractivity contribution in [2.45, 2.75) is 19.5 Å². The van der Waals surface area contributed by atoms with Crippen LogP contribution in [0.4, 0.5) is 14.6 Å². The van der Waals surface area contributed by atoms with Crippen LogP contribution in [0.2, 0.25) is 0 Å². The Balaban J connectivity index is 1.61. The van der Waals surface area contributed by atoms with Crippen molar-refractivity contribution in [3.05, 3.63) is 88.5 Å². The van der Waals surface area contributed by atoms with E-state index in [0.717, 1.165) is 5.56 Å². The summed E-state index contributed by atoms with van der Waals surface area (Å²) in [5, 5.41) is 4.74. The first kappa shape index (κ1) is 21.4. The summed E-state index contributed by atoms with van der Waals surface area (Å²) in [6, 6.07) is 9.76. The van der Waals surface area contributed by atoms with Crippen molar-refractivity contribution in [1.82, 2.24) is 29.6 Å². The first-order chi connectivity index (χ1) is 16.4. The smallest absolute Gasteiger partial charge is 0.283 e. The summed E-state index contributed by atoms with van der Waals surface area (Å²) in [6.45, 7) is 2.08. The Kier molecular flexibility index (Phi) is 5.36. The molecule has 5 rings (SSSR count). The molecule has 0 amide bonds. The van der Waals surface area contributed by atoms with Gasteiger partial charge >= 0.3 is 0 Å². The monoisotopic (exact) mass is 462 g/mol. The molecule has 0 fully saturated rings. The number of aromatic nitrogens is 6. The lowest BCUT2D eigenvalue weighted by molar-refractivity contribution is 0.559. The van der Waals surface area contributed by atoms with E-state index in [4.69, 9.17) is 0 Å². The molecule has 9 nitrogen and oxygen atoms in total. The lowest BCUT2D eigenvalue weighted by Crippen LogP contribution is -2.43. The second-order valence-corrected chi connectivity index (χ2v) is 7.85. The Labute approximate surface area is 192 Å². The first-order valence-corrected chi connectivity index (χ1v) is 10.5. The number of nitrogens with zero attached hydrogens (tertiary/aromatic N) is 6. The Hall–Kier alpha value is -4.41. The van der Waals surface area contributed by atoms with Crippen LogP contribution >= 0.6 is 0 Å². The molecule has 172 valence electrons. The number of imidazole rings is 1. The number of hydrogen-bond acceptors (Lipinski definition) is 7. The van der Waals surface area contributed by atoms with E-state index in [1.807, 2.05) is 6.92 Å². The van der Waals surface area contributed by atoms with Crippen molar-refractivity contribution in [3.63, 3.8) is 0 Å². The Morgan fingerprint density at radius 3 is 2.71 bits per heavy atom. The molecule has 1 unspecified atom stereocenters. The molecule has 0 aliphatic heterocycles. The second-order valence-electron chi connectivity index (χ2n) is 7.85. The molecule has 0 saturated heterocycles. The minimum Gasteiger partial charge on any atom is -0.358 e. The van der Waals surface area contributed by atoms with Crippen LogP contribution in [0, 0.1) is 11.6 Å². The number of rotatable bonds is 6. The van der Waals surface area contributed by atoms with Gasteiger partial charge in [0.1, 0.15) is 28.9 Å². The molecule has 0 bridgehead atoms.